The number of nitro groups is 1. The molecule has 0 radical (unpaired) electrons. The van der Waals surface area contributed by atoms with Crippen LogP contribution < -0.4 is 4.80 Å². The van der Waals surface area contributed by atoms with E-state index in [-0.39, 0.29) is 11.5 Å². The van der Waals surface area contributed by atoms with Crippen LogP contribution in [0, 0.1) is 10.1 Å². The maximum atomic E-state index is 12.9. The maximum Gasteiger partial charge on any atom is 0.279 e. The number of amides is 1. The molecule has 0 saturated carbocycles. The van der Waals surface area contributed by atoms with E-state index in [0.29, 0.717) is 46.0 Å². The molecule has 0 bridgehead atoms. The van der Waals surface area contributed by atoms with Gasteiger partial charge in [-0.2, -0.15) is 4.99 Å². The Morgan fingerprint density at radius 2 is 1.68 bits per heavy atom. The number of nitro benzene ring substituents is 1. The Bertz CT molecular complexity index is 1420. The molecule has 0 N–H and O–H groups in total. The first-order chi connectivity index (χ1) is 16.5. The van der Waals surface area contributed by atoms with Crippen molar-refractivity contribution in [1.82, 2.24) is 4.57 Å². The molecular weight excluding hydrogens is 454 g/mol. The second-order valence-corrected chi connectivity index (χ2v) is 8.34. The molecule has 1 heterocycles. The molecule has 0 atom stereocenters. The molecule has 1 aromatic heterocycles. The molecule has 34 heavy (non-hydrogen) atoms. The van der Waals surface area contributed by atoms with Crippen molar-refractivity contribution < 1.29 is 19.2 Å². The van der Waals surface area contributed by atoms with Gasteiger partial charge in [0.05, 0.1) is 21.7 Å². The highest BCUT2D eigenvalue weighted by Crippen LogP contribution is 2.23. The lowest BCUT2D eigenvalue weighted by Crippen LogP contribution is -2.19. The van der Waals surface area contributed by atoms with Gasteiger partial charge in [0.1, 0.15) is 0 Å². The summed E-state index contributed by atoms with van der Waals surface area (Å²) in [6, 6.07) is 19.8. The van der Waals surface area contributed by atoms with Crippen LogP contribution in [0.5, 0.6) is 0 Å². The van der Waals surface area contributed by atoms with Gasteiger partial charge in [-0.3, -0.25) is 19.7 Å². The van der Waals surface area contributed by atoms with Crippen LogP contribution in [-0.4, -0.2) is 34.4 Å². The van der Waals surface area contributed by atoms with Crippen LogP contribution in [0.1, 0.15) is 33.2 Å². The Morgan fingerprint density at radius 3 is 2.35 bits per heavy atom. The number of ether oxygens (including phenoxy) is 1. The molecule has 8 nitrogen and oxygen atoms in total. The summed E-state index contributed by atoms with van der Waals surface area (Å²) in [5, 5.41) is 11.2. The third-order valence-electron chi connectivity index (χ3n) is 5.17. The number of benzene rings is 3. The number of carbonyl (C=O) groups is 2. The van der Waals surface area contributed by atoms with Crippen molar-refractivity contribution in [3.05, 3.63) is 104 Å². The van der Waals surface area contributed by atoms with Crippen molar-refractivity contribution in [3.63, 3.8) is 0 Å². The zero-order valence-corrected chi connectivity index (χ0v) is 19.2. The molecule has 4 rings (SSSR count). The van der Waals surface area contributed by atoms with Gasteiger partial charge < -0.3 is 9.30 Å². The van der Waals surface area contributed by atoms with Gasteiger partial charge in [0, 0.05) is 42.0 Å². The standard InChI is InChI=1S/C25H21N3O5S/c1-2-33-15-14-27-21-13-12-20(28(31)32)16-22(21)34-25(27)26-24(30)19-10-8-18(9-11-19)23(29)17-6-4-3-5-7-17/h3-13,16H,2,14-15H2,1H3. The highest BCUT2D eigenvalue weighted by Gasteiger charge is 2.14. The van der Waals surface area contributed by atoms with Crippen molar-refractivity contribution in [2.24, 2.45) is 4.99 Å². The predicted molar refractivity (Wildman–Crippen MR) is 129 cm³/mol. The van der Waals surface area contributed by atoms with E-state index in [1.54, 1.807) is 54.6 Å². The van der Waals surface area contributed by atoms with Gasteiger partial charge in [-0.1, -0.05) is 53.8 Å². The van der Waals surface area contributed by atoms with Gasteiger partial charge in [0.2, 0.25) is 0 Å². The minimum atomic E-state index is -0.468. The number of thiazole rings is 1. The number of aromatic nitrogens is 1. The van der Waals surface area contributed by atoms with Crippen LogP contribution in [0.15, 0.2) is 77.8 Å². The van der Waals surface area contributed by atoms with Gasteiger partial charge in [0.15, 0.2) is 10.6 Å². The lowest BCUT2D eigenvalue weighted by molar-refractivity contribution is -0.384. The van der Waals surface area contributed by atoms with Gasteiger partial charge >= 0.3 is 0 Å². The third kappa shape index (κ3) is 5.00. The van der Waals surface area contributed by atoms with E-state index < -0.39 is 10.8 Å². The van der Waals surface area contributed by atoms with Crippen LogP contribution in [0.4, 0.5) is 5.69 Å². The van der Waals surface area contributed by atoms with Crippen LogP contribution in [0.3, 0.4) is 0 Å². The summed E-state index contributed by atoms with van der Waals surface area (Å²) in [5.74, 6) is -0.596. The van der Waals surface area contributed by atoms with Crippen LogP contribution >= 0.6 is 11.3 Å². The summed E-state index contributed by atoms with van der Waals surface area (Å²) in [5.41, 5.74) is 2.10. The fourth-order valence-electron chi connectivity index (χ4n) is 3.45. The number of rotatable bonds is 8. The Kier molecular flexibility index (Phi) is 7.05. The van der Waals surface area contributed by atoms with Gasteiger partial charge in [0.25, 0.3) is 11.6 Å². The zero-order valence-electron chi connectivity index (χ0n) is 18.3. The monoisotopic (exact) mass is 475 g/mol. The average molecular weight is 476 g/mol. The van der Waals surface area contributed by atoms with E-state index >= 15 is 0 Å². The highest BCUT2D eigenvalue weighted by atomic mass is 32.1. The van der Waals surface area contributed by atoms with Gasteiger partial charge in [-0.15, -0.1) is 0 Å². The number of ketones is 1. The normalized spacial score (nSPS) is 11.6. The molecule has 0 aliphatic heterocycles. The average Bonchev–Trinajstić information content (AvgIpc) is 3.20. The van der Waals surface area contributed by atoms with E-state index in [1.165, 1.54) is 23.5 Å². The first kappa shape index (κ1) is 23.2. The molecule has 0 fully saturated rings. The number of hydrogen-bond acceptors (Lipinski definition) is 6. The molecule has 172 valence electrons. The first-order valence-corrected chi connectivity index (χ1v) is 11.4. The smallest absolute Gasteiger partial charge is 0.279 e. The van der Waals surface area contributed by atoms with Crippen LogP contribution in [0.25, 0.3) is 10.2 Å². The van der Waals surface area contributed by atoms with Gasteiger partial charge in [-0.05, 0) is 25.1 Å². The Balaban J connectivity index is 1.66. The summed E-state index contributed by atoms with van der Waals surface area (Å²) in [7, 11) is 0. The minimum absolute atomic E-state index is 0.0257. The largest absolute Gasteiger partial charge is 0.380 e. The molecule has 4 aromatic rings. The fraction of sp³-hybridized carbons (Fsp3) is 0.160. The topological polar surface area (TPSA) is 104 Å². The van der Waals surface area contributed by atoms with Gasteiger partial charge in [-0.25, -0.2) is 0 Å². The van der Waals surface area contributed by atoms with Crippen molar-refractivity contribution in [2.45, 2.75) is 13.5 Å². The Hall–Kier alpha value is -3.95. The lowest BCUT2D eigenvalue weighted by atomic mass is 10.0. The number of nitrogens with zero attached hydrogens (tertiary/aromatic N) is 3. The molecule has 0 aliphatic rings. The summed E-state index contributed by atoms with van der Waals surface area (Å²) < 4.78 is 7.93. The van der Waals surface area contributed by atoms with E-state index in [1.807, 2.05) is 17.6 Å². The lowest BCUT2D eigenvalue weighted by Gasteiger charge is -2.05. The first-order valence-electron chi connectivity index (χ1n) is 10.6. The van der Waals surface area contributed by atoms with Crippen LogP contribution in [-0.2, 0) is 11.3 Å². The van der Waals surface area contributed by atoms with E-state index in [0.717, 1.165) is 5.52 Å². The summed E-state index contributed by atoms with van der Waals surface area (Å²) >= 11 is 1.20. The SMILES string of the molecule is CCOCCn1c(=NC(=O)c2ccc(C(=O)c3ccccc3)cc2)sc2cc([N+](=O)[O-])ccc21. The van der Waals surface area contributed by atoms with E-state index in [4.69, 9.17) is 4.74 Å². The molecule has 0 spiro atoms. The molecule has 0 saturated heterocycles. The van der Waals surface area contributed by atoms with Crippen LogP contribution in [0.2, 0.25) is 0 Å². The summed E-state index contributed by atoms with van der Waals surface area (Å²) in [6.07, 6.45) is 0. The molecule has 9 heteroatoms. The third-order valence-corrected chi connectivity index (χ3v) is 6.21. The Morgan fingerprint density at radius 1 is 1.00 bits per heavy atom. The zero-order chi connectivity index (χ0) is 24.1. The van der Waals surface area contributed by atoms with Crippen molar-refractivity contribution in [1.29, 1.82) is 0 Å². The number of carbonyl (C=O) groups excluding carboxylic acids is 2. The highest BCUT2D eigenvalue weighted by molar-refractivity contribution is 7.16. The predicted octanol–water partition coefficient (Wildman–Crippen LogP) is 4.62. The maximum absolute atomic E-state index is 12.9. The Labute approximate surface area is 198 Å². The second-order valence-electron chi connectivity index (χ2n) is 7.33. The minimum Gasteiger partial charge on any atom is -0.380 e. The summed E-state index contributed by atoms with van der Waals surface area (Å²) in [6.45, 7) is 3.30. The quantitative estimate of drug-likeness (QED) is 0.160. The molecule has 0 aliphatic carbocycles. The van der Waals surface area contributed by atoms with Crippen molar-refractivity contribution in [3.8, 4) is 0 Å². The number of fused-ring (bicyclic) bond motifs is 1. The molecule has 1 amide bonds. The van der Waals surface area contributed by atoms with E-state index in [9.17, 15) is 19.7 Å². The number of non-ortho nitro benzene ring substituents is 1. The second kappa shape index (κ2) is 10.3. The molecule has 0 unspecified atom stereocenters. The summed E-state index contributed by atoms with van der Waals surface area (Å²) in [4.78, 5) is 40.9. The van der Waals surface area contributed by atoms with E-state index in [2.05, 4.69) is 4.99 Å². The van der Waals surface area contributed by atoms with Crippen molar-refractivity contribution >= 4 is 38.9 Å². The number of hydrogen-bond donors (Lipinski definition) is 0. The molecular formula is C25H21N3O5S. The fourth-order valence-corrected chi connectivity index (χ4v) is 4.54. The van der Waals surface area contributed by atoms with Crippen molar-refractivity contribution in [2.75, 3.05) is 13.2 Å². The molecule has 3 aromatic carbocycles.